The fourth-order valence-electron chi connectivity index (χ4n) is 5.43. The zero-order valence-electron chi connectivity index (χ0n) is 21.3. The molecule has 0 spiro atoms. The van der Waals surface area contributed by atoms with Crippen LogP contribution >= 0.6 is 0 Å². The molecule has 1 aliphatic carbocycles. The van der Waals surface area contributed by atoms with Crippen LogP contribution in [0.4, 0.5) is 5.82 Å². The molecule has 0 amide bonds. The van der Waals surface area contributed by atoms with E-state index < -0.39 is 5.92 Å². The third-order valence-electron chi connectivity index (χ3n) is 7.10. The van der Waals surface area contributed by atoms with Gasteiger partial charge in [0.2, 0.25) is 5.75 Å². The number of benzene rings is 2. The first-order valence-corrected chi connectivity index (χ1v) is 11.8. The van der Waals surface area contributed by atoms with Gasteiger partial charge in [-0.05, 0) is 36.1 Å². The Bertz CT molecular complexity index is 1450. The largest absolute Gasteiger partial charge is 0.493 e. The normalized spacial score (nSPS) is 18.5. The van der Waals surface area contributed by atoms with Crippen molar-refractivity contribution in [2.24, 2.45) is 0 Å². The standard InChI is InChI=1S/C27H29N3O7/c1-33-18-8-6-13(12-20(18)35-3)14-10-16-22(17(31)11-14)21(23-26(28-16)29-30-27(23)32)15-7-9-19(34-2)25(37-5)24(15)36-4/h6-9,12,14,21H,10-11H2,1-5H3,(H3,28,29,30,32)/t14-,21-/m0/s1. The van der Waals surface area contributed by atoms with Gasteiger partial charge in [-0.3, -0.25) is 19.8 Å². The van der Waals surface area contributed by atoms with E-state index in [1.165, 1.54) is 21.3 Å². The molecule has 2 atom stereocenters. The Balaban J connectivity index is 1.65. The van der Waals surface area contributed by atoms with Gasteiger partial charge in [-0.15, -0.1) is 0 Å². The maximum Gasteiger partial charge on any atom is 0.270 e. The number of nitrogens with one attached hydrogen (secondary N) is 3. The van der Waals surface area contributed by atoms with E-state index in [4.69, 9.17) is 23.7 Å². The summed E-state index contributed by atoms with van der Waals surface area (Å²) < 4.78 is 27.6. The van der Waals surface area contributed by atoms with Crippen molar-refractivity contribution in [2.45, 2.75) is 24.7 Å². The summed E-state index contributed by atoms with van der Waals surface area (Å²) in [5, 5.41) is 8.89. The second kappa shape index (κ2) is 9.61. The molecule has 37 heavy (non-hydrogen) atoms. The van der Waals surface area contributed by atoms with Gasteiger partial charge in [0.1, 0.15) is 5.82 Å². The van der Waals surface area contributed by atoms with Crippen molar-refractivity contribution in [3.05, 3.63) is 68.6 Å². The van der Waals surface area contributed by atoms with E-state index in [-0.39, 0.29) is 23.7 Å². The highest BCUT2D eigenvalue weighted by Crippen LogP contribution is 2.51. The number of aromatic nitrogens is 2. The molecule has 0 saturated heterocycles. The molecule has 3 N–H and O–H groups in total. The van der Waals surface area contributed by atoms with Crippen LogP contribution in [-0.4, -0.2) is 51.5 Å². The third-order valence-corrected chi connectivity index (χ3v) is 7.10. The molecule has 2 aromatic carbocycles. The number of carbonyl (C=O) groups excluding carboxylic acids is 1. The highest BCUT2D eigenvalue weighted by molar-refractivity contribution is 6.01. The Morgan fingerprint density at radius 2 is 1.46 bits per heavy atom. The first kappa shape index (κ1) is 24.4. The van der Waals surface area contributed by atoms with Gasteiger partial charge in [0, 0.05) is 23.3 Å². The topological polar surface area (TPSA) is 124 Å². The van der Waals surface area contributed by atoms with Crippen molar-refractivity contribution < 1.29 is 28.5 Å². The number of rotatable bonds is 7. The van der Waals surface area contributed by atoms with E-state index in [1.54, 1.807) is 20.3 Å². The van der Waals surface area contributed by atoms with E-state index in [9.17, 15) is 9.59 Å². The Morgan fingerprint density at radius 3 is 2.14 bits per heavy atom. The van der Waals surface area contributed by atoms with Crippen molar-refractivity contribution in [3.8, 4) is 28.7 Å². The highest BCUT2D eigenvalue weighted by atomic mass is 16.5. The smallest absolute Gasteiger partial charge is 0.270 e. The Morgan fingerprint density at radius 1 is 0.757 bits per heavy atom. The van der Waals surface area contributed by atoms with Gasteiger partial charge >= 0.3 is 0 Å². The number of fused-ring (bicyclic) bond motifs is 1. The lowest BCUT2D eigenvalue weighted by atomic mass is 9.72. The van der Waals surface area contributed by atoms with Gasteiger partial charge in [-0.25, -0.2) is 0 Å². The number of carbonyl (C=O) groups is 1. The third kappa shape index (κ3) is 3.89. The summed E-state index contributed by atoms with van der Waals surface area (Å²) in [5.74, 6) is 2.23. The summed E-state index contributed by atoms with van der Waals surface area (Å²) in [5.41, 5.74) is 3.00. The minimum absolute atomic E-state index is 0.0541. The predicted molar refractivity (Wildman–Crippen MR) is 137 cm³/mol. The van der Waals surface area contributed by atoms with Gasteiger partial charge in [-0.2, -0.15) is 0 Å². The summed E-state index contributed by atoms with van der Waals surface area (Å²) in [6, 6.07) is 9.26. The molecular formula is C27H29N3O7. The summed E-state index contributed by atoms with van der Waals surface area (Å²) in [6.07, 6.45) is 0.842. The van der Waals surface area contributed by atoms with Gasteiger partial charge in [0.25, 0.3) is 5.56 Å². The van der Waals surface area contributed by atoms with Gasteiger partial charge in [0.05, 0.1) is 47.0 Å². The number of ether oxygens (including phenoxy) is 5. The first-order valence-electron chi connectivity index (χ1n) is 11.8. The molecule has 0 fully saturated rings. The number of Topliss-reactive ketones (excluding diaryl/α,β-unsaturated/α-hetero) is 1. The molecule has 2 heterocycles. The zero-order chi connectivity index (χ0) is 26.3. The van der Waals surface area contributed by atoms with E-state index in [2.05, 4.69) is 15.5 Å². The highest BCUT2D eigenvalue weighted by Gasteiger charge is 2.42. The second-order valence-corrected chi connectivity index (χ2v) is 8.88. The Labute approximate surface area is 213 Å². The van der Waals surface area contributed by atoms with E-state index >= 15 is 0 Å². The lowest BCUT2D eigenvalue weighted by Gasteiger charge is -2.35. The lowest BCUT2D eigenvalue weighted by Crippen LogP contribution is -2.31. The van der Waals surface area contributed by atoms with Crippen LogP contribution in [-0.2, 0) is 4.79 Å². The summed E-state index contributed by atoms with van der Waals surface area (Å²) in [4.78, 5) is 26.8. The quantitative estimate of drug-likeness (QED) is 0.442. The first-order chi connectivity index (χ1) is 17.9. The van der Waals surface area contributed by atoms with Gasteiger partial charge in [0.15, 0.2) is 28.8 Å². The summed E-state index contributed by atoms with van der Waals surface area (Å²) in [6.45, 7) is 0. The Hall–Kier alpha value is -4.34. The van der Waals surface area contributed by atoms with Crippen molar-refractivity contribution in [1.29, 1.82) is 0 Å². The van der Waals surface area contributed by atoms with Crippen LogP contribution < -0.4 is 34.6 Å². The maximum atomic E-state index is 13.8. The molecule has 3 aromatic rings. The molecule has 10 heteroatoms. The van der Waals surface area contributed by atoms with E-state index in [0.717, 1.165) is 11.3 Å². The van der Waals surface area contributed by atoms with E-state index in [1.807, 2.05) is 24.3 Å². The molecule has 0 radical (unpaired) electrons. The van der Waals surface area contributed by atoms with Gasteiger partial charge in [-0.1, -0.05) is 12.1 Å². The number of aromatic amines is 2. The van der Waals surface area contributed by atoms with Crippen molar-refractivity contribution in [2.75, 3.05) is 40.9 Å². The molecule has 0 saturated carbocycles. The number of ketones is 1. The number of hydrogen-bond donors (Lipinski definition) is 3. The summed E-state index contributed by atoms with van der Waals surface area (Å²) >= 11 is 0. The number of methoxy groups -OCH3 is 5. The van der Waals surface area contributed by atoms with Crippen LogP contribution in [0.1, 0.15) is 41.4 Å². The fourth-order valence-corrected chi connectivity index (χ4v) is 5.43. The van der Waals surface area contributed by atoms with Crippen LogP contribution in [0.3, 0.4) is 0 Å². The molecule has 0 bridgehead atoms. The van der Waals surface area contributed by atoms with Crippen LogP contribution in [0.25, 0.3) is 0 Å². The van der Waals surface area contributed by atoms with Gasteiger partial charge < -0.3 is 29.0 Å². The number of allylic oxidation sites excluding steroid dienone is 2. The minimum Gasteiger partial charge on any atom is -0.493 e. The van der Waals surface area contributed by atoms with Crippen molar-refractivity contribution in [3.63, 3.8) is 0 Å². The molecule has 194 valence electrons. The van der Waals surface area contributed by atoms with Crippen molar-refractivity contribution in [1.82, 2.24) is 10.2 Å². The van der Waals surface area contributed by atoms with Crippen LogP contribution in [0.5, 0.6) is 28.7 Å². The lowest BCUT2D eigenvalue weighted by molar-refractivity contribution is -0.116. The minimum atomic E-state index is -0.658. The SMILES string of the molecule is COc1ccc([C@@H]2CC(=O)C3=C(C2)Nc2[nH][nH]c(=O)c2[C@H]3c2ccc(OC)c(OC)c2OC)cc1OC. The van der Waals surface area contributed by atoms with E-state index in [0.29, 0.717) is 57.7 Å². The molecular weight excluding hydrogens is 478 g/mol. The predicted octanol–water partition coefficient (Wildman–Crippen LogP) is 3.70. The monoisotopic (exact) mass is 507 g/mol. The number of hydrogen-bond acceptors (Lipinski definition) is 8. The molecule has 1 aliphatic heterocycles. The number of H-pyrrole nitrogens is 2. The molecule has 10 nitrogen and oxygen atoms in total. The zero-order valence-corrected chi connectivity index (χ0v) is 21.3. The average Bonchev–Trinajstić information content (AvgIpc) is 3.30. The fraction of sp³-hybridized carbons (Fsp3) is 0.333. The van der Waals surface area contributed by atoms with Crippen LogP contribution in [0.2, 0.25) is 0 Å². The Kier molecular flexibility index (Phi) is 6.32. The van der Waals surface area contributed by atoms with Crippen LogP contribution in [0.15, 0.2) is 46.4 Å². The molecule has 0 unspecified atom stereocenters. The molecule has 1 aromatic heterocycles. The molecule has 2 aliphatic rings. The molecule has 5 rings (SSSR count). The summed E-state index contributed by atoms with van der Waals surface area (Å²) in [7, 11) is 7.75. The number of anilines is 1. The van der Waals surface area contributed by atoms with Crippen LogP contribution in [0, 0.1) is 0 Å². The maximum absolute atomic E-state index is 13.8. The second-order valence-electron chi connectivity index (χ2n) is 8.88. The van der Waals surface area contributed by atoms with Crippen molar-refractivity contribution >= 4 is 11.6 Å². The average molecular weight is 508 g/mol.